The van der Waals surface area contributed by atoms with Gasteiger partial charge in [-0.05, 0) is 12.1 Å². The molecule has 0 atom stereocenters. The van der Waals surface area contributed by atoms with Gasteiger partial charge >= 0.3 is 0 Å². The maximum Gasteiger partial charge on any atom is 0.262 e. The Labute approximate surface area is 133 Å². The van der Waals surface area contributed by atoms with Gasteiger partial charge in [-0.3, -0.25) is 4.72 Å². The molecule has 0 saturated carbocycles. The summed E-state index contributed by atoms with van der Waals surface area (Å²) in [5.41, 5.74) is 0.221. The Balaban J connectivity index is 2.45. The lowest BCUT2D eigenvalue weighted by atomic mass is 10.2. The van der Waals surface area contributed by atoms with E-state index in [4.69, 9.17) is 9.47 Å². The number of ether oxygens (including phenoxy) is 2. The van der Waals surface area contributed by atoms with Crippen molar-refractivity contribution in [3.8, 4) is 11.5 Å². The first kappa shape index (κ1) is 17.0. The van der Waals surface area contributed by atoms with E-state index in [0.29, 0.717) is 11.5 Å². The predicted molar refractivity (Wildman–Crippen MR) is 82.7 cm³/mol. The van der Waals surface area contributed by atoms with Crippen molar-refractivity contribution in [1.82, 2.24) is 0 Å². The second kappa shape index (κ2) is 6.84. The number of aliphatic hydroxyl groups is 1. The first-order valence-electron chi connectivity index (χ1n) is 6.55. The molecular weight excluding hydrogens is 325 g/mol. The van der Waals surface area contributed by atoms with Gasteiger partial charge in [-0.1, -0.05) is 6.07 Å². The van der Waals surface area contributed by atoms with E-state index in [-0.39, 0.29) is 16.1 Å². The SMILES string of the molecule is COc1cc(OC)cc(S(=O)(=O)Nc2cc(F)ccc2CO)c1. The number of nitrogens with one attached hydrogen (secondary N) is 1. The number of halogens is 1. The van der Waals surface area contributed by atoms with Crippen molar-refractivity contribution in [2.45, 2.75) is 11.5 Å². The molecule has 0 radical (unpaired) electrons. The second-order valence-electron chi connectivity index (χ2n) is 4.61. The summed E-state index contributed by atoms with van der Waals surface area (Å²) in [6, 6.07) is 7.59. The Morgan fingerprint density at radius 3 is 2.22 bits per heavy atom. The van der Waals surface area contributed by atoms with Crippen LogP contribution in [0.15, 0.2) is 41.3 Å². The van der Waals surface area contributed by atoms with Crippen LogP contribution in [-0.2, 0) is 16.6 Å². The van der Waals surface area contributed by atoms with Gasteiger partial charge in [-0.2, -0.15) is 0 Å². The Morgan fingerprint density at radius 2 is 1.70 bits per heavy atom. The lowest BCUT2D eigenvalue weighted by Crippen LogP contribution is -2.15. The average Bonchev–Trinajstić information content (AvgIpc) is 2.54. The lowest BCUT2D eigenvalue weighted by molar-refractivity contribution is 0.282. The first-order valence-corrected chi connectivity index (χ1v) is 8.03. The van der Waals surface area contributed by atoms with Crippen molar-refractivity contribution in [3.05, 3.63) is 47.8 Å². The van der Waals surface area contributed by atoms with Gasteiger partial charge < -0.3 is 14.6 Å². The number of aliphatic hydroxyl groups excluding tert-OH is 1. The smallest absolute Gasteiger partial charge is 0.262 e. The summed E-state index contributed by atoms with van der Waals surface area (Å²) in [4.78, 5) is -0.109. The van der Waals surface area contributed by atoms with Crippen LogP contribution < -0.4 is 14.2 Å². The zero-order valence-corrected chi connectivity index (χ0v) is 13.4. The number of methoxy groups -OCH3 is 2. The van der Waals surface area contributed by atoms with E-state index in [9.17, 15) is 17.9 Å². The summed E-state index contributed by atoms with van der Waals surface area (Å²) in [7, 11) is -1.22. The van der Waals surface area contributed by atoms with Gasteiger partial charge in [-0.25, -0.2) is 12.8 Å². The summed E-state index contributed by atoms with van der Waals surface area (Å²) in [5.74, 6) is -0.0270. The van der Waals surface area contributed by atoms with Crippen molar-refractivity contribution in [1.29, 1.82) is 0 Å². The van der Waals surface area contributed by atoms with E-state index in [1.807, 2.05) is 0 Å². The number of sulfonamides is 1. The van der Waals surface area contributed by atoms with Gasteiger partial charge in [0.15, 0.2) is 0 Å². The molecule has 0 amide bonds. The summed E-state index contributed by atoms with van der Waals surface area (Å²) in [5, 5.41) is 9.24. The van der Waals surface area contributed by atoms with E-state index < -0.39 is 22.4 Å². The van der Waals surface area contributed by atoms with Gasteiger partial charge in [0, 0.05) is 23.8 Å². The van der Waals surface area contributed by atoms with Gasteiger partial charge in [0.05, 0.1) is 31.4 Å². The standard InChI is InChI=1S/C15H16FNO5S/c1-21-12-6-13(22-2)8-14(7-12)23(19,20)17-15-5-11(16)4-3-10(15)9-18/h3-8,17-18H,9H2,1-2H3. The van der Waals surface area contributed by atoms with Crippen LogP contribution in [0.4, 0.5) is 10.1 Å². The summed E-state index contributed by atoms with van der Waals surface area (Å²) in [6.45, 7) is -0.431. The molecule has 2 aromatic rings. The van der Waals surface area contributed by atoms with Crippen molar-refractivity contribution in [3.63, 3.8) is 0 Å². The molecule has 0 saturated heterocycles. The molecule has 2 rings (SSSR count). The highest BCUT2D eigenvalue weighted by Gasteiger charge is 2.19. The number of anilines is 1. The van der Waals surface area contributed by atoms with Gasteiger partial charge in [-0.15, -0.1) is 0 Å². The van der Waals surface area contributed by atoms with E-state index in [2.05, 4.69) is 4.72 Å². The molecule has 6 nitrogen and oxygen atoms in total. The van der Waals surface area contributed by atoms with E-state index >= 15 is 0 Å². The van der Waals surface area contributed by atoms with Gasteiger partial charge in [0.1, 0.15) is 17.3 Å². The third kappa shape index (κ3) is 3.91. The minimum absolute atomic E-state index is 0.0331. The number of rotatable bonds is 6. The van der Waals surface area contributed by atoms with Crippen molar-refractivity contribution >= 4 is 15.7 Å². The van der Waals surface area contributed by atoms with Crippen LogP contribution in [0.25, 0.3) is 0 Å². The summed E-state index contributed by atoms with van der Waals surface area (Å²) in [6.07, 6.45) is 0. The maximum atomic E-state index is 13.3. The monoisotopic (exact) mass is 341 g/mol. The Bertz CT molecular complexity index is 785. The summed E-state index contributed by atoms with van der Waals surface area (Å²) >= 11 is 0. The van der Waals surface area contributed by atoms with E-state index in [0.717, 1.165) is 12.1 Å². The maximum absolute atomic E-state index is 13.3. The van der Waals surface area contributed by atoms with E-state index in [1.54, 1.807) is 0 Å². The fourth-order valence-corrected chi connectivity index (χ4v) is 3.06. The molecule has 0 heterocycles. The van der Waals surface area contributed by atoms with Crippen molar-refractivity contribution in [2.24, 2.45) is 0 Å². The van der Waals surface area contributed by atoms with E-state index in [1.165, 1.54) is 38.5 Å². The zero-order valence-electron chi connectivity index (χ0n) is 12.5. The number of hydrogen-bond donors (Lipinski definition) is 2. The van der Waals surface area contributed by atoms with Crippen molar-refractivity contribution < 1.29 is 27.4 Å². The van der Waals surface area contributed by atoms with Crippen LogP contribution in [-0.4, -0.2) is 27.7 Å². The Morgan fingerprint density at radius 1 is 1.09 bits per heavy atom. The molecule has 2 aromatic carbocycles. The largest absolute Gasteiger partial charge is 0.497 e. The molecule has 2 N–H and O–H groups in total. The molecule has 0 spiro atoms. The third-order valence-electron chi connectivity index (χ3n) is 3.12. The molecule has 0 fully saturated rings. The topological polar surface area (TPSA) is 84.9 Å². The van der Waals surface area contributed by atoms with Gasteiger partial charge in [0.2, 0.25) is 0 Å². The van der Waals surface area contributed by atoms with Crippen LogP contribution in [0.3, 0.4) is 0 Å². The van der Waals surface area contributed by atoms with Gasteiger partial charge in [0.25, 0.3) is 10.0 Å². The highest BCUT2D eigenvalue weighted by Crippen LogP contribution is 2.28. The molecule has 0 aliphatic heterocycles. The second-order valence-corrected chi connectivity index (χ2v) is 6.30. The molecule has 0 bridgehead atoms. The highest BCUT2D eigenvalue weighted by molar-refractivity contribution is 7.92. The minimum atomic E-state index is -4.02. The predicted octanol–water partition coefficient (Wildman–Crippen LogP) is 2.14. The van der Waals surface area contributed by atoms with Crippen LogP contribution >= 0.6 is 0 Å². The van der Waals surface area contributed by atoms with Crippen molar-refractivity contribution in [2.75, 3.05) is 18.9 Å². The molecule has 0 unspecified atom stereocenters. The normalized spacial score (nSPS) is 11.1. The van der Waals surface area contributed by atoms with Crippen LogP contribution in [0.2, 0.25) is 0 Å². The van der Waals surface area contributed by atoms with Crippen LogP contribution in [0.1, 0.15) is 5.56 Å². The summed E-state index contributed by atoms with van der Waals surface area (Å²) < 4.78 is 50.7. The molecule has 0 aliphatic carbocycles. The fourth-order valence-electron chi connectivity index (χ4n) is 1.92. The fraction of sp³-hybridized carbons (Fsp3) is 0.200. The van der Waals surface area contributed by atoms with Crippen LogP contribution in [0.5, 0.6) is 11.5 Å². The molecule has 124 valence electrons. The molecular formula is C15H16FNO5S. The number of hydrogen-bond acceptors (Lipinski definition) is 5. The molecule has 0 aromatic heterocycles. The average molecular weight is 341 g/mol. The first-order chi connectivity index (χ1) is 10.9. The third-order valence-corrected chi connectivity index (χ3v) is 4.47. The number of benzene rings is 2. The highest BCUT2D eigenvalue weighted by atomic mass is 32.2. The molecule has 23 heavy (non-hydrogen) atoms. The molecule has 0 aliphatic rings. The Kier molecular flexibility index (Phi) is 5.07. The zero-order chi connectivity index (χ0) is 17.0. The Hall–Kier alpha value is -2.32. The lowest BCUT2D eigenvalue weighted by Gasteiger charge is -2.13. The minimum Gasteiger partial charge on any atom is -0.497 e. The van der Waals surface area contributed by atoms with Crippen LogP contribution in [0, 0.1) is 5.82 Å². The molecule has 8 heteroatoms. The quantitative estimate of drug-likeness (QED) is 0.841.